The predicted octanol–water partition coefficient (Wildman–Crippen LogP) is 3.63. The van der Waals surface area contributed by atoms with Gasteiger partial charge in [-0.25, -0.2) is 4.99 Å². The standard InChI is InChI=1S/C21H20N2O3/c1-21(2,3)15-7-5-14(6-8-15)19-22-16(20(24)23-19)10-13-4-9-17-18(11-13)26-12-25-17/h4-11H,12H2,1-3H3,(H,22,23,24)/b16-10+. The van der Waals surface area contributed by atoms with Gasteiger partial charge in [0.1, 0.15) is 11.5 Å². The highest BCUT2D eigenvalue weighted by Gasteiger charge is 2.22. The van der Waals surface area contributed by atoms with E-state index in [0.29, 0.717) is 23.0 Å². The quantitative estimate of drug-likeness (QED) is 0.843. The number of amidine groups is 1. The maximum atomic E-state index is 12.3. The molecule has 2 aliphatic rings. The van der Waals surface area contributed by atoms with Crippen LogP contribution in [0.2, 0.25) is 0 Å². The molecule has 0 atom stereocenters. The molecule has 0 spiro atoms. The molecule has 0 fully saturated rings. The van der Waals surface area contributed by atoms with E-state index in [9.17, 15) is 4.79 Å². The number of nitrogens with one attached hydrogen (secondary N) is 1. The first-order valence-corrected chi connectivity index (χ1v) is 8.52. The van der Waals surface area contributed by atoms with Gasteiger partial charge in [0.25, 0.3) is 5.91 Å². The summed E-state index contributed by atoms with van der Waals surface area (Å²) in [5.74, 6) is 1.76. The van der Waals surface area contributed by atoms with E-state index in [1.807, 2.05) is 30.3 Å². The fraction of sp³-hybridized carbons (Fsp3) is 0.238. The van der Waals surface area contributed by atoms with Crippen molar-refractivity contribution in [3.63, 3.8) is 0 Å². The largest absolute Gasteiger partial charge is 0.454 e. The first-order chi connectivity index (χ1) is 12.4. The highest BCUT2D eigenvalue weighted by atomic mass is 16.7. The van der Waals surface area contributed by atoms with Crippen LogP contribution in [0.4, 0.5) is 0 Å². The van der Waals surface area contributed by atoms with Crippen molar-refractivity contribution in [1.82, 2.24) is 5.32 Å². The van der Waals surface area contributed by atoms with Gasteiger partial charge in [0.2, 0.25) is 6.79 Å². The molecule has 1 N–H and O–H groups in total. The minimum atomic E-state index is -0.211. The molecular formula is C21H20N2O3. The number of rotatable bonds is 2. The summed E-state index contributed by atoms with van der Waals surface area (Å²) in [6, 6.07) is 13.7. The second-order valence-electron chi connectivity index (χ2n) is 7.38. The molecule has 0 saturated heterocycles. The molecule has 0 aliphatic carbocycles. The van der Waals surface area contributed by atoms with Crippen molar-refractivity contribution in [3.05, 3.63) is 64.9 Å². The van der Waals surface area contributed by atoms with Gasteiger partial charge in [-0.15, -0.1) is 0 Å². The zero-order chi connectivity index (χ0) is 18.3. The lowest BCUT2D eigenvalue weighted by Gasteiger charge is -2.19. The van der Waals surface area contributed by atoms with E-state index in [-0.39, 0.29) is 18.1 Å². The van der Waals surface area contributed by atoms with Crippen LogP contribution in [0.5, 0.6) is 11.5 Å². The number of hydrogen-bond acceptors (Lipinski definition) is 4. The Morgan fingerprint density at radius 2 is 1.77 bits per heavy atom. The monoisotopic (exact) mass is 348 g/mol. The third kappa shape index (κ3) is 3.08. The van der Waals surface area contributed by atoms with Crippen LogP contribution in [0.3, 0.4) is 0 Å². The summed E-state index contributed by atoms with van der Waals surface area (Å²) < 4.78 is 10.7. The third-order valence-electron chi connectivity index (χ3n) is 4.42. The lowest BCUT2D eigenvalue weighted by atomic mass is 9.86. The Kier molecular flexibility index (Phi) is 3.80. The lowest BCUT2D eigenvalue weighted by Crippen LogP contribution is -2.24. The maximum Gasteiger partial charge on any atom is 0.275 e. The van der Waals surface area contributed by atoms with Gasteiger partial charge in [-0.05, 0) is 34.8 Å². The number of nitrogens with zero attached hydrogens (tertiary/aromatic N) is 1. The van der Waals surface area contributed by atoms with Crippen LogP contribution >= 0.6 is 0 Å². The lowest BCUT2D eigenvalue weighted by molar-refractivity contribution is -0.115. The van der Waals surface area contributed by atoms with Gasteiger partial charge >= 0.3 is 0 Å². The molecule has 2 aromatic rings. The average Bonchev–Trinajstić information content (AvgIpc) is 3.21. The molecule has 0 bridgehead atoms. The normalized spacial score (nSPS) is 17.4. The van der Waals surface area contributed by atoms with Crippen molar-refractivity contribution >= 4 is 17.8 Å². The summed E-state index contributed by atoms with van der Waals surface area (Å²) in [6.07, 6.45) is 1.74. The van der Waals surface area contributed by atoms with Crippen LogP contribution < -0.4 is 14.8 Å². The van der Waals surface area contributed by atoms with Crippen molar-refractivity contribution in [2.45, 2.75) is 26.2 Å². The summed E-state index contributed by atoms with van der Waals surface area (Å²) in [5, 5.41) is 2.84. The summed E-state index contributed by atoms with van der Waals surface area (Å²) in [4.78, 5) is 16.7. The number of ether oxygens (including phenoxy) is 2. The van der Waals surface area contributed by atoms with Gasteiger partial charge in [-0.1, -0.05) is 51.1 Å². The predicted molar refractivity (Wildman–Crippen MR) is 100 cm³/mol. The smallest absolute Gasteiger partial charge is 0.275 e. The van der Waals surface area contributed by atoms with Gasteiger partial charge in [-0.2, -0.15) is 0 Å². The van der Waals surface area contributed by atoms with Crippen molar-refractivity contribution < 1.29 is 14.3 Å². The number of fused-ring (bicyclic) bond motifs is 1. The third-order valence-corrected chi connectivity index (χ3v) is 4.42. The summed E-state index contributed by atoms with van der Waals surface area (Å²) in [6.45, 7) is 6.73. The Balaban J connectivity index is 1.61. The maximum absolute atomic E-state index is 12.3. The van der Waals surface area contributed by atoms with Crippen LogP contribution in [0.15, 0.2) is 53.2 Å². The first kappa shape index (κ1) is 16.4. The molecule has 2 aromatic carbocycles. The van der Waals surface area contributed by atoms with E-state index in [1.165, 1.54) is 5.56 Å². The summed E-state index contributed by atoms with van der Waals surface area (Å²) in [7, 11) is 0. The van der Waals surface area contributed by atoms with E-state index in [4.69, 9.17) is 9.47 Å². The number of carbonyl (C=O) groups is 1. The fourth-order valence-corrected chi connectivity index (χ4v) is 2.89. The highest BCUT2D eigenvalue weighted by molar-refractivity contribution is 6.19. The molecule has 5 nitrogen and oxygen atoms in total. The molecule has 5 heteroatoms. The van der Waals surface area contributed by atoms with E-state index in [2.05, 4.69) is 43.2 Å². The fourth-order valence-electron chi connectivity index (χ4n) is 2.89. The zero-order valence-electron chi connectivity index (χ0n) is 15.0. The molecule has 0 unspecified atom stereocenters. The first-order valence-electron chi connectivity index (χ1n) is 8.52. The summed E-state index contributed by atoms with van der Waals surface area (Å²) in [5.41, 5.74) is 3.43. The summed E-state index contributed by atoms with van der Waals surface area (Å²) >= 11 is 0. The van der Waals surface area contributed by atoms with Crippen LogP contribution in [0.25, 0.3) is 6.08 Å². The Morgan fingerprint density at radius 1 is 1.04 bits per heavy atom. The second-order valence-corrected chi connectivity index (χ2v) is 7.38. The molecule has 0 saturated carbocycles. The Labute approximate surface area is 152 Å². The molecule has 2 heterocycles. The van der Waals surface area contributed by atoms with Gasteiger partial charge in [0.05, 0.1) is 0 Å². The van der Waals surface area contributed by atoms with E-state index >= 15 is 0 Å². The van der Waals surface area contributed by atoms with Crippen molar-refractivity contribution in [3.8, 4) is 11.5 Å². The number of aliphatic imine (C=N–C) groups is 1. The van der Waals surface area contributed by atoms with Crippen molar-refractivity contribution in [2.75, 3.05) is 6.79 Å². The van der Waals surface area contributed by atoms with Gasteiger partial charge < -0.3 is 14.8 Å². The van der Waals surface area contributed by atoms with E-state index < -0.39 is 0 Å². The van der Waals surface area contributed by atoms with Crippen LogP contribution in [0.1, 0.15) is 37.5 Å². The number of hydrogen-bond donors (Lipinski definition) is 1. The van der Waals surface area contributed by atoms with E-state index in [0.717, 1.165) is 11.1 Å². The molecule has 0 radical (unpaired) electrons. The molecule has 1 amide bonds. The van der Waals surface area contributed by atoms with Crippen molar-refractivity contribution in [1.29, 1.82) is 0 Å². The average molecular weight is 348 g/mol. The Morgan fingerprint density at radius 3 is 2.50 bits per heavy atom. The molecule has 4 rings (SSSR count). The minimum Gasteiger partial charge on any atom is -0.454 e. The Bertz CT molecular complexity index is 935. The SMILES string of the molecule is CC(C)(C)c1ccc(C2=N/C(=C/c3ccc4c(c3)OCO4)C(=O)N2)cc1. The molecule has 2 aliphatic heterocycles. The van der Waals surface area contributed by atoms with Gasteiger partial charge in [0, 0.05) is 5.56 Å². The van der Waals surface area contributed by atoms with E-state index in [1.54, 1.807) is 6.08 Å². The second kappa shape index (κ2) is 6.02. The molecule has 0 aromatic heterocycles. The zero-order valence-corrected chi connectivity index (χ0v) is 15.0. The van der Waals surface area contributed by atoms with Crippen molar-refractivity contribution in [2.24, 2.45) is 4.99 Å². The number of amides is 1. The van der Waals surface area contributed by atoms with Gasteiger partial charge in [-0.3, -0.25) is 4.79 Å². The van der Waals surface area contributed by atoms with Crippen LogP contribution in [-0.4, -0.2) is 18.5 Å². The topological polar surface area (TPSA) is 59.9 Å². The number of carbonyl (C=O) groups excluding carboxylic acids is 1. The Hall–Kier alpha value is -3.08. The molecule has 132 valence electrons. The minimum absolute atomic E-state index is 0.0870. The molecule has 26 heavy (non-hydrogen) atoms. The van der Waals surface area contributed by atoms with Gasteiger partial charge in [0.15, 0.2) is 11.5 Å². The highest BCUT2D eigenvalue weighted by Crippen LogP contribution is 2.33. The van der Waals surface area contributed by atoms with Crippen LogP contribution in [0, 0.1) is 0 Å². The van der Waals surface area contributed by atoms with Crippen LogP contribution in [-0.2, 0) is 10.2 Å². The number of benzene rings is 2. The molecular weight excluding hydrogens is 328 g/mol.